The summed E-state index contributed by atoms with van der Waals surface area (Å²) in [4.78, 5) is 13.7. The van der Waals surface area contributed by atoms with Gasteiger partial charge in [0.15, 0.2) is 12.0 Å². The summed E-state index contributed by atoms with van der Waals surface area (Å²) in [6, 6.07) is 2.66. The van der Waals surface area contributed by atoms with Crippen LogP contribution in [0, 0.1) is 10.1 Å². The number of fused-ring (bicyclic) bond motifs is 1. The van der Waals surface area contributed by atoms with Crippen molar-refractivity contribution in [2.45, 2.75) is 0 Å². The first kappa shape index (κ1) is 8.00. The van der Waals surface area contributed by atoms with Crippen molar-refractivity contribution in [1.82, 2.24) is 4.98 Å². The van der Waals surface area contributed by atoms with Gasteiger partial charge in [-0.2, -0.15) is 0 Å². The fourth-order valence-electron chi connectivity index (χ4n) is 1.01. The zero-order valence-electron chi connectivity index (χ0n) is 6.23. The van der Waals surface area contributed by atoms with E-state index in [4.69, 9.17) is 16.0 Å². The fraction of sp³-hybridized carbons (Fsp3) is 0. The molecule has 0 saturated carbocycles. The van der Waals surface area contributed by atoms with E-state index in [-0.39, 0.29) is 10.7 Å². The van der Waals surface area contributed by atoms with E-state index in [0.29, 0.717) is 11.1 Å². The highest BCUT2D eigenvalue weighted by Gasteiger charge is 2.14. The molecule has 0 radical (unpaired) electrons. The number of hydrogen-bond acceptors (Lipinski definition) is 4. The highest BCUT2D eigenvalue weighted by molar-refractivity contribution is 6.33. The Bertz CT molecular complexity index is 480. The zero-order valence-corrected chi connectivity index (χ0v) is 6.99. The minimum atomic E-state index is -0.559. The van der Waals surface area contributed by atoms with Gasteiger partial charge in [-0.25, -0.2) is 4.98 Å². The molecular formula is C7H3ClN2O3. The highest BCUT2D eigenvalue weighted by atomic mass is 35.5. The van der Waals surface area contributed by atoms with Gasteiger partial charge in [0.25, 0.3) is 5.69 Å². The lowest BCUT2D eigenvalue weighted by atomic mass is 10.3. The van der Waals surface area contributed by atoms with Crippen molar-refractivity contribution < 1.29 is 9.34 Å². The second-order valence-electron chi connectivity index (χ2n) is 2.38. The average molecular weight is 199 g/mol. The summed E-state index contributed by atoms with van der Waals surface area (Å²) in [7, 11) is 0. The number of halogens is 1. The third kappa shape index (κ3) is 1.23. The topological polar surface area (TPSA) is 69.2 Å². The second kappa shape index (κ2) is 2.70. The van der Waals surface area contributed by atoms with Crippen LogP contribution in [-0.2, 0) is 0 Å². The Balaban J connectivity index is 2.76. The summed E-state index contributed by atoms with van der Waals surface area (Å²) in [6.45, 7) is 0. The molecule has 0 bridgehead atoms. The molecule has 2 rings (SSSR count). The van der Waals surface area contributed by atoms with Crippen molar-refractivity contribution in [2.24, 2.45) is 0 Å². The van der Waals surface area contributed by atoms with E-state index >= 15 is 0 Å². The molecule has 0 N–H and O–H groups in total. The van der Waals surface area contributed by atoms with Crippen LogP contribution in [0.3, 0.4) is 0 Å². The van der Waals surface area contributed by atoms with Crippen LogP contribution in [-0.4, -0.2) is 9.91 Å². The van der Waals surface area contributed by atoms with E-state index in [1.165, 1.54) is 18.5 Å². The fourth-order valence-corrected chi connectivity index (χ4v) is 1.23. The van der Waals surface area contributed by atoms with Crippen LogP contribution in [0.1, 0.15) is 0 Å². The number of nitro groups is 1. The van der Waals surface area contributed by atoms with E-state index in [1.807, 2.05) is 0 Å². The second-order valence-corrected chi connectivity index (χ2v) is 2.79. The van der Waals surface area contributed by atoms with Crippen molar-refractivity contribution in [2.75, 3.05) is 0 Å². The molecule has 1 aromatic carbocycles. The first-order valence-electron chi connectivity index (χ1n) is 3.35. The number of nitrogens with zero attached hydrogens (tertiary/aromatic N) is 2. The van der Waals surface area contributed by atoms with Gasteiger partial charge in [-0.1, -0.05) is 11.6 Å². The molecule has 0 unspecified atom stereocenters. The van der Waals surface area contributed by atoms with Gasteiger partial charge in [0.1, 0.15) is 10.5 Å². The lowest BCUT2D eigenvalue weighted by Crippen LogP contribution is -1.88. The van der Waals surface area contributed by atoms with Gasteiger partial charge in [0.2, 0.25) is 0 Å². The maximum atomic E-state index is 10.5. The Morgan fingerprint density at radius 1 is 1.54 bits per heavy atom. The summed E-state index contributed by atoms with van der Waals surface area (Å²) in [5.41, 5.74) is 0.703. The minimum Gasteiger partial charge on any atom is -0.443 e. The van der Waals surface area contributed by atoms with Gasteiger partial charge in [0, 0.05) is 12.1 Å². The molecule has 13 heavy (non-hydrogen) atoms. The van der Waals surface area contributed by atoms with Crippen LogP contribution >= 0.6 is 11.6 Å². The van der Waals surface area contributed by atoms with Crippen LogP contribution in [0.4, 0.5) is 5.69 Å². The van der Waals surface area contributed by atoms with Crippen LogP contribution < -0.4 is 0 Å². The summed E-state index contributed by atoms with van der Waals surface area (Å²) in [6.07, 6.45) is 1.21. The third-order valence-corrected chi connectivity index (χ3v) is 1.90. The van der Waals surface area contributed by atoms with Gasteiger partial charge in [-0.15, -0.1) is 0 Å². The van der Waals surface area contributed by atoms with Crippen molar-refractivity contribution in [3.05, 3.63) is 33.7 Å². The molecule has 0 spiro atoms. The number of rotatable bonds is 1. The summed E-state index contributed by atoms with van der Waals surface area (Å²) < 4.78 is 4.92. The molecule has 0 atom stereocenters. The smallest absolute Gasteiger partial charge is 0.290 e. The number of benzene rings is 1. The third-order valence-electron chi connectivity index (χ3n) is 1.60. The van der Waals surface area contributed by atoms with E-state index in [9.17, 15) is 10.1 Å². The number of oxazole rings is 1. The van der Waals surface area contributed by atoms with Crippen LogP contribution in [0.5, 0.6) is 0 Å². The predicted octanol–water partition coefficient (Wildman–Crippen LogP) is 2.39. The first-order valence-corrected chi connectivity index (χ1v) is 3.73. The summed E-state index contributed by atoms with van der Waals surface area (Å²) in [5.74, 6) is 0. The molecule has 0 aliphatic heterocycles. The Kier molecular flexibility index (Phi) is 1.66. The lowest BCUT2D eigenvalue weighted by molar-refractivity contribution is -0.384. The van der Waals surface area contributed by atoms with Crippen molar-refractivity contribution >= 4 is 28.4 Å². The van der Waals surface area contributed by atoms with Gasteiger partial charge < -0.3 is 4.42 Å². The van der Waals surface area contributed by atoms with E-state index in [2.05, 4.69) is 4.98 Å². The van der Waals surface area contributed by atoms with Crippen molar-refractivity contribution in [1.29, 1.82) is 0 Å². The summed E-state index contributed by atoms with van der Waals surface area (Å²) in [5, 5.41) is 10.5. The van der Waals surface area contributed by atoms with E-state index in [1.54, 1.807) is 0 Å². The quantitative estimate of drug-likeness (QED) is 0.521. The Morgan fingerprint density at radius 2 is 2.31 bits per heavy atom. The molecule has 0 aliphatic rings. The largest absolute Gasteiger partial charge is 0.443 e. The molecule has 2 aromatic rings. The molecule has 0 saturated heterocycles. The Morgan fingerprint density at radius 3 is 3.00 bits per heavy atom. The number of aromatic nitrogens is 1. The monoisotopic (exact) mass is 198 g/mol. The SMILES string of the molecule is O=[N+]([O-])c1cc2ncoc2cc1Cl. The van der Waals surface area contributed by atoms with Crippen LogP contribution in [0.25, 0.3) is 11.1 Å². The molecular weight excluding hydrogens is 196 g/mol. The van der Waals surface area contributed by atoms with Gasteiger partial charge in [0.05, 0.1) is 4.92 Å². The first-order chi connectivity index (χ1) is 6.18. The number of nitro benzene ring substituents is 1. The maximum Gasteiger partial charge on any atom is 0.290 e. The van der Waals surface area contributed by atoms with E-state index in [0.717, 1.165) is 0 Å². The van der Waals surface area contributed by atoms with Gasteiger partial charge in [-0.05, 0) is 0 Å². The normalized spacial score (nSPS) is 10.5. The van der Waals surface area contributed by atoms with Gasteiger partial charge >= 0.3 is 0 Å². The van der Waals surface area contributed by atoms with Gasteiger partial charge in [-0.3, -0.25) is 10.1 Å². The van der Waals surface area contributed by atoms with Crippen molar-refractivity contribution in [3.63, 3.8) is 0 Å². The van der Waals surface area contributed by atoms with Crippen LogP contribution in [0.2, 0.25) is 5.02 Å². The predicted molar refractivity (Wildman–Crippen MR) is 45.7 cm³/mol. The minimum absolute atomic E-state index is 0.0502. The summed E-state index contributed by atoms with van der Waals surface area (Å²) >= 11 is 5.63. The average Bonchev–Trinajstić information content (AvgIpc) is 2.48. The molecule has 5 nitrogen and oxygen atoms in total. The molecule has 66 valence electrons. The van der Waals surface area contributed by atoms with Crippen LogP contribution in [0.15, 0.2) is 22.9 Å². The molecule has 0 aliphatic carbocycles. The molecule has 0 amide bonds. The Hall–Kier alpha value is -1.62. The molecule has 1 heterocycles. The maximum absolute atomic E-state index is 10.5. The van der Waals surface area contributed by atoms with Crippen molar-refractivity contribution in [3.8, 4) is 0 Å². The zero-order chi connectivity index (χ0) is 9.42. The lowest BCUT2D eigenvalue weighted by Gasteiger charge is -1.92. The highest BCUT2D eigenvalue weighted by Crippen LogP contribution is 2.28. The Labute approximate surface area is 77.1 Å². The molecule has 1 aromatic heterocycles. The molecule has 6 heteroatoms. The number of hydrogen-bond donors (Lipinski definition) is 0. The van der Waals surface area contributed by atoms with E-state index < -0.39 is 4.92 Å². The molecule has 0 fully saturated rings. The standard InChI is InChI=1S/C7H3ClN2O3/c8-4-1-7-5(9-3-13-7)2-6(4)10(11)12/h1-3H.